The normalized spacial score (nSPS) is 17.4. The number of nitrogens with zero attached hydrogens (tertiary/aromatic N) is 1. The van der Waals surface area contributed by atoms with Crippen LogP contribution in [0.3, 0.4) is 0 Å². The summed E-state index contributed by atoms with van der Waals surface area (Å²) in [5.74, 6) is -2.17. The predicted octanol–water partition coefficient (Wildman–Crippen LogP) is 3.93. The topological polar surface area (TPSA) is 75.7 Å². The number of ether oxygens (including phenoxy) is 1. The number of hydrogen-bond donors (Lipinski definition) is 1. The summed E-state index contributed by atoms with van der Waals surface area (Å²) < 4.78 is 58.4. The van der Waals surface area contributed by atoms with Gasteiger partial charge in [-0.1, -0.05) is 32.0 Å². The first-order chi connectivity index (χ1) is 14.6. The minimum atomic E-state index is -3.92. The fraction of sp³-hybridized carbons (Fsp3) is 0.409. The molecule has 9 heteroatoms. The Kier molecular flexibility index (Phi) is 6.54. The number of amides is 1. The molecule has 0 fully saturated rings. The van der Waals surface area contributed by atoms with Crippen molar-refractivity contribution in [3.05, 3.63) is 59.7 Å². The van der Waals surface area contributed by atoms with E-state index in [0.717, 1.165) is 47.2 Å². The van der Waals surface area contributed by atoms with E-state index in [9.17, 15) is 22.0 Å². The molecule has 1 aliphatic rings. The molecule has 168 valence electrons. The summed E-state index contributed by atoms with van der Waals surface area (Å²) >= 11 is 0. The van der Waals surface area contributed by atoms with Crippen molar-refractivity contribution in [2.45, 2.75) is 44.8 Å². The van der Waals surface area contributed by atoms with Gasteiger partial charge in [-0.2, -0.15) is 0 Å². The van der Waals surface area contributed by atoms with Crippen molar-refractivity contribution in [3.63, 3.8) is 0 Å². The number of anilines is 1. The molecule has 2 aromatic rings. The van der Waals surface area contributed by atoms with Gasteiger partial charge in [-0.05, 0) is 31.0 Å². The smallest absolute Gasteiger partial charge is 0.241 e. The van der Waals surface area contributed by atoms with E-state index in [1.54, 1.807) is 0 Å². The van der Waals surface area contributed by atoms with Crippen molar-refractivity contribution >= 4 is 21.6 Å². The van der Waals surface area contributed by atoms with Crippen LogP contribution < -0.4 is 14.4 Å². The number of fused-ring (bicyclic) bond motifs is 1. The minimum absolute atomic E-state index is 0.125. The first-order valence-corrected chi connectivity index (χ1v) is 11.9. The summed E-state index contributed by atoms with van der Waals surface area (Å²) in [6, 6.07) is 9.74. The second kappa shape index (κ2) is 8.82. The number of rotatable bonds is 7. The van der Waals surface area contributed by atoms with Crippen LogP contribution in [-0.4, -0.2) is 32.7 Å². The zero-order chi connectivity index (χ0) is 22.8. The van der Waals surface area contributed by atoms with E-state index in [1.165, 1.54) is 0 Å². The fourth-order valence-corrected chi connectivity index (χ4v) is 4.69. The van der Waals surface area contributed by atoms with Gasteiger partial charge in [0.15, 0.2) is 11.6 Å². The van der Waals surface area contributed by atoms with Gasteiger partial charge < -0.3 is 10.1 Å². The number of para-hydroxylation sites is 1. The van der Waals surface area contributed by atoms with Gasteiger partial charge in [-0.3, -0.25) is 9.10 Å². The van der Waals surface area contributed by atoms with Gasteiger partial charge >= 0.3 is 0 Å². The first-order valence-electron chi connectivity index (χ1n) is 10.1. The third-order valence-electron chi connectivity index (χ3n) is 5.70. The molecular formula is C22H26F2N2O4S. The van der Waals surface area contributed by atoms with Crippen molar-refractivity contribution in [2.75, 3.05) is 17.1 Å². The molecule has 0 aromatic heterocycles. The van der Waals surface area contributed by atoms with Crippen LogP contribution in [0.2, 0.25) is 0 Å². The fourth-order valence-electron chi connectivity index (χ4n) is 3.84. The number of carbonyl (C=O) groups is 1. The Morgan fingerprint density at radius 1 is 1.16 bits per heavy atom. The molecule has 31 heavy (non-hydrogen) atoms. The van der Waals surface area contributed by atoms with Crippen LogP contribution in [0.25, 0.3) is 0 Å². The Hall–Kier alpha value is -2.68. The quantitative estimate of drug-likeness (QED) is 0.691. The van der Waals surface area contributed by atoms with Gasteiger partial charge in [0.1, 0.15) is 17.9 Å². The van der Waals surface area contributed by atoms with Gasteiger partial charge in [0.05, 0.1) is 18.0 Å². The highest BCUT2D eigenvalue weighted by atomic mass is 32.2. The zero-order valence-corrected chi connectivity index (χ0v) is 18.5. The number of nitrogens with one attached hydrogen (secondary N) is 1. The lowest BCUT2D eigenvalue weighted by atomic mass is 9.83. The molecule has 3 rings (SSSR count). The highest BCUT2D eigenvalue weighted by molar-refractivity contribution is 7.92. The van der Waals surface area contributed by atoms with Gasteiger partial charge in [0, 0.05) is 18.1 Å². The molecule has 0 unspecified atom stereocenters. The van der Waals surface area contributed by atoms with Gasteiger partial charge in [0.2, 0.25) is 15.9 Å². The van der Waals surface area contributed by atoms with E-state index in [0.29, 0.717) is 12.2 Å². The number of halogens is 2. The molecule has 0 bridgehead atoms. The third-order valence-corrected chi connectivity index (χ3v) is 6.84. The number of hydrogen-bond acceptors (Lipinski definition) is 4. The Bertz CT molecular complexity index is 1070. The van der Waals surface area contributed by atoms with E-state index in [1.807, 2.05) is 38.1 Å². The second-order valence-electron chi connectivity index (χ2n) is 7.72. The standard InChI is InChI=1S/C22H26F2N2O4S/c1-4-22(5-2)13-19(16-8-6-7-9-20(16)30-22)25-21(27)14-26(31(3,28)29)15-10-11-17(23)18(24)12-15/h6-12,19H,4-5,13-14H2,1-3H3,(H,25,27)/t19-/m1/s1. The Balaban J connectivity index is 1.86. The summed E-state index contributed by atoms with van der Waals surface area (Å²) in [5, 5.41) is 2.90. The van der Waals surface area contributed by atoms with Crippen LogP contribution in [0, 0.1) is 11.6 Å². The van der Waals surface area contributed by atoms with Crippen LogP contribution in [0.15, 0.2) is 42.5 Å². The summed E-state index contributed by atoms with van der Waals surface area (Å²) in [4.78, 5) is 12.9. The van der Waals surface area contributed by atoms with Crippen molar-refractivity contribution in [1.82, 2.24) is 5.32 Å². The van der Waals surface area contributed by atoms with Crippen LogP contribution in [-0.2, 0) is 14.8 Å². The molecule has 1 N–H and O–H groups in total. The molecule has 0 radical (unpaired) electrons. The third kappa shape index (κ3) is 4.98. The molecule has 1 heterocycles. The summed E-state index contributed by atoms with van der Waals surface area (Å²) in [7, 11) is -3.92. The maximum Gasteiger partial charge on any atom is 0.241 e. The molecule has 0 saturated heterocycles. The lowest BCUT2D eigenvalue weighted by Crippen LogP contribution is -2.47. The zero-order valence-electron chi connectivity index (χ0n) is 17.7. The largest absolute Gasteiger partial charge is 0.487 e. The first kappa shape index (κ1) is 23.0. The molecule has 1 atom stereocenters. The Labute approximate surface area is 181 Å². The molecule has 6 nitrogen and oxygen atoms in total. The minimum Gasteiger partial charge on any atom is -0.487 e. The van der Waals surface area contributed by atoms with Crippen LogP contribution in [0.5, 0.6) is 5.75 Å². The second-order valence-corrected chi connectivity index (χ2v) is 9.63. The molecule has 1 aliphatic heterocycles. The Morgan fingerprint density at radius 3 is 2.45 bits per heavy atom. The molecule has 0 saturated carbocycles. The lowest BCUT2D eigenvalue weighted by Gasteiger charge is -2.41. The molecule has 0 spiro atoms. The van der Waals surface area contributed by atoms with Crippen molar-refractivity contribution in [1.29, 1.82) is 0 Å². The van der Waals surface area contributed by atoms with E-state index in [-0.39, 0.29) is 11.7 Å². The van der Waals surface area contributed by atoms with E-state index in [2.05, 4.69) is 5.32 Å². The van der Waals surface area contributed by atoms with Gasteiger partial charge in [-0.15, -0.1) is 0 Å². The maximum absolute atomic E-state index is 13.7. The van der Waals surface area contributed by atoms with Crippen molar-refractivity contribution in [2.24, 2.45) is 0 Å². The molecule has 2 aromatic carbocycles. The van der Waals surface area contributed by atoms with Crippen molar-refractivity contribution in [3.8, 4) is 5.75 Å². The van der Waals surface area contributed by atoms with E-state index >= 15 is 0 Å². The SMILES string of the molecule is CCC1(CC)C[C@@H](NC(=O)CN(c2ccc(F)c(F)c2)S(C)(=O)=O)c2ccccc2O1. The number of sulfonamides is 1. The number of benzene rings is 2. The van der Waals surface area contributed by atoms with E-state index in [4.69, 9.17) is 4.74 Å². The predicted molar refractivity (Wildman–Crippen MR) is 114 cm³/mol. The average Bonchev–Trinajstić information content (AvgIpc) is 2.73. The van der Waals surface area contributed by atoms with Crippen LogP contribution in [0.4, 0.5) is 14.5 Å². The highest BCUT2D eigenvalue weighted by Crippen LogP contribution is 2.42. The monoisotopic (exact) mass is 452 g/mol. The lowest BCUT2D eigenvalue weighted by molar-refractivity contribution is -0.121. The molecule has 1 amide bonds. The van der Waals surface area contributed by atoms with Crippen LogP contribution in [0.1, 0.15) is 44.7 Å². The summed E-state index contributed by atoms with van der Waals surface area (Å²) in [5.41, 5.74) is 0.246. The molecular weight excluding hydrogens is 426 g/mol. The van der Waals surface area contributed by atoms with Gasteiger partial charge in [-0.25, -0.2) is 17.2 Å². The van der Waals surface area contributed by atoms with E-state index < -0.39 is 39.7 Å². The van der Waals surface area contributed by atoms with Crippen LogP contribution >= 0.6 is 0 Å². The maximum atomic E-state index is 13.7. The summed E-state index contributed by atoms with van der Waals surface area (Å²) in [6.07, 6.45) is 2.93. The summed E-state index contributed by atoms with van der Waals surface area (Å²) in [6.45, 7) is 3.48. The van der Waals surface area contributed by atoms with Crippen molar-refractivity contribution < 1.29 is 26.7 Å². The molecule has 0 aliphatic carbocycles. The van der Waals surface area contributed by atoms with Gasteiger partial charge in [0.25, 0.3) is 0 Å². The number of carbonyl (C=O) groups excluding carboxylic acids is 1. The average molecular weight is 453 g/mol. The highest BCUT2D eigenvalue weighted by Gasteiger charge is 2.39. The Morgan fingerprint density at radius 2 is 1.84 bits per heavy atom.